The van der Waals surface area contributed by atoms with Crippen molar-refractivity contribution >= 4 is 23.4 Å². The third-order valence-corrected chi connectivity index (χ3v) is 5.70. The predicted octanol–water partition coefficient (Wildman–Crippen LogP) is 4.77. The van der Waals surface area contributed by atoms with E-state index in [0.29, 0.717) is 35.6 Å². The maximum absolute atomic E-state index is 13.2. The van der Waals surface area contributed by atoms with Gasteiger partial charge in [0.25, 0.3) is 0 Å². The van der Waals surface area contributed by atoms with Crippen LogP contribution in [0, 0.1) is 5.92 Å². The summed E-state index contributed by atoms with van der Waals surface area (Å²) in [6.45, 7) is 5.95. The van der Waals surface area contributed by atoms with E-state index in [0.717, 1.165) is 25.7 Å². The van der Waals surface area contributed by atoms with Gasteiger partial charge in [0, 0.05) is 17.7 Å². The Morgan fingerprint density at radius 1 is 1.33 bits per heavy atom. The highest BCUT2D eigenvalue weighted by atomic mass is 35.5. The number of allylic oxidation sites excluding steroid dienone is 2. The number of benzene rings is 1. The standard InChI is InChI=1S/C21H25ClN2O3/c1-3-16-19(18(26)10-13-6-4-12(2)5-7-13)20(24-21(27)23-16)14-8-9-17(25)15(22)11-14/h8-9,11,13,20,25H,2-7,10H2,1H3,(H2,23,24,27). The molecule has 1 aromatic carbocycles. The molecule has 27 heavy (non-hydrogen) atoms. The van der Waals surface area contributed by atoms with Crippen LogP contribution < -0.4 is 10.6 Å². The molecule has 3 N–H and O–H groups in total. The summed E-state index contributed by atoms with van der Waals surface area (Å²) in [6.07, 6.45) is 4.93. The van der Waals surface area contributed by atoms with Crippen LogP contribution in [0.3, 0.4) is 0 Å². The topological polar surface area (TPSA) is 78.4 Å². The van der Waals surface area contributed by atoms with Crippen LogP contribution in [-0.4, -0.2) is 16.9 Å². The van der Waals surface area contributed by atoms with Crippen LogP contribution in [0.4, 0.5) is 4.79 Å². The van der Waals surface area contributed by atoms with E-state index in [2.05, 4.69) is 17.2 Å². The molecule has 1 fully saturated rings. The molecule has 2 aliphatic rings. The minimum absolute atomic E-state index is 0.0318. The first kappa shape index (κ1) is 19.5. The van der Waals surface area contributed by atoms with Gasteiger partial charge in [-0.2, -0.15) is 0 Å². The summed E-state index contributed by atoms with van der Waals surface area (Å²) in [4.78, 5) is 25.3. The summed E-state index contributed by atoms with van der Waals surface area (Å²) in [5, 5.41) is 15.5. The van der Waals surface area contributed by atoms with Crippen molar-refractivity contribution in [3.05, 3.63) is 52.2 Å². The number of phenols is 1. The summed E-state index contributed by atoms with van der Waals surface area (Å²) in [7, 11) is 0. The second kappa shape index (κ2) is 8.17. The highest BCUT2D eigenvalue weighted by molar-refractivity contribution is 6.32. The van der Waals surface area contributed by atoms with E-state index in [1.54, 1.807) is 12.1 Å². The second-order valence-electron chi connectivity index (χ2n) is 7.31. The fraction of sp³-hybridized carbons (Fsp3) is 0.429. The molecule has 0 saturated heterocycles. The number of ketones is 1. The van der Waals surface area contributed by atoms with Crippen molar-refractivity contribution in [3.8, 4) is 5.75 Å². The summed E-state index contributed by atoms with van der Waals surface area (Å²) >= 11 is 6.05. The summed E-state index contributed by atoms with van der Waals surface area (Å²) in [5.74, 6) is 0.358. The van der Waals surface area contributed by atoms with Crippen LogP contribution in [-0.2, 0) is 4.79 Å². The Labute approximate surface area is 164 Å². The number of carbonyl (C=O) groups excluding carboxylic acids is 2. The number of hydrogen-bond acceptors (Lipinski definition) is 3. The highest BCUT2D eigenvalue weighted by Gasteiger charge is 2.33. The molecule has 1 aromatic rings. The van der Waals surface area contributed by atoms with Gasteiger partial charge in [-0.3, -0.25) is 4.79 Å². The minimum Gasteiger partial charge on any atom is -0.506 e. The van der Waals surface area contributed by atoms with Gasteiger partial charge in [0.1, 0.15) is 5.75 Å². The third kappa shape index (κ3) is 4.35. The van der Waals surface area contributed by atoms with Crippen LogP contribution in [0.2, 0.25) is 5.02 Å². The Morgan fingerprint density at radius 2 is 2.04 bits per heavy atom. The summed E-state index contributed by atoms with van der Waals surface area (Å²) < 4.78 is 0. The van der Waals surface area contributed by atoms with Crippen molar-refractivity contribution in [2.75, 3.05) is 0 Å². The number of amides is 2. The van der Waals surface area contributed by atoms with Gasteiger partial charge < -0.3 is 15.7 Å². The van der Waals surface area contributed by atoms with Crippen molar-refractivity contribution < 1.29 is 14.7 Å². The number of rotatable bonds is 5. The molecular formula is C21H25ClN2O3. The molecular weight excluding hydrogens is 364 g/mol. The summed E-state index contributed by atoms with van der Waals surface area (Å²) in [5.41, 5.74) is 3.18. The van der Waals surface area contributed by atoms with Gasteiger partial charge in [0.15, 0.2) is 5.78 Å². The molecule has 0 aromatic heterocycles. The smallest absolute Gasteiger partial charge is 0.319 e. The maximum Gasteiger partial charge on any atom is 0.319 e. The van der Waals surface area contributed by atoms with Crippen molar-refractivity contribution in [2.24, 2.45) is 5.92 Å². The van der Waals surface area contributed by atoms with Crippen LogP contribution in [0.25, 0.3) is 0 Å². The quantitative estimate of drug-likeness (QED) is 0.636. The van der Waals surface area contributed by atoms with E-state index < -0.39 is 6.04 Å². The Balaban J connectivity index is 1.90. The largest absolute Gasteiger partial charge is 0.506 e. The first-order chi connectivity index (χ1) is 12.9. The fourth-order valence-electron chi connectivity index (χ4n) is 3.84. The predicted molar refractivity (Wildman–Crippen MR) is 106 cm³/mol. The number of urea groups is 1. The molecule has 0 bridgehead atoms. The number of hydrogen-bond donors (Lipinski definition) is 3. The number of carbonyl (C=O) groups is 2. The van der Waals surface area contributed by atoms with E-state index >= 15 is 0 Å². The molecule has 1 aliphatic carbocycles. The molecule has 0 spiro atoms. The fourth-order valence-corrected chi connectivity index (χ4v) is 4.03. The molecule has 1 saturated carbocycles. The Morgan fingerprint density at radius 3 is 2.67 bits per heavy atom. The van der Waals surface area contributed by atoms with Crippen LogP contribution >= 0.6 is 11.6 Å². The van der Waals surface area contributed by atoms with Crippen LogP contribution in [0.15, 0.2) is 41.6 Å². The summed E-state index contributed by atoms with van der Waals surface area (Å²) in [6, 6.07) is 3.84. The number of Topliss-reactive ketones (excluding diaryl/α,β-unsaturated/α-hetero) is 1. The molecule has 0 radical (unpaired) electrons. The van der Waals surface area contributed by atoms with E-state index in [1.165, 1.54) is 11.6 Å². The Bertz CT molecular complexity index is 806. The monoisotopic (exact) mass is 388 g/mol. The van der Waals surface area contributed by atoms with E-state index in [9.17, 15) is 14.7 Å². The van der Waals surface area contributed by atoms with Gasteiger partial charge in [-0.05, 0) is 55.7 Å². The zero-order valence-electron chi connectivity index (χ0n) is 15.5. The zero-order chi connectivity index (χ0) is 19.6. The third-order valence-electron chi connectivity index (χ3n) is 5.40. The molecule has 1 unspecified atom stereocenters. The number of nitrogens with one attached hydrogen (secondary N) is 2. The number of aromatic hydroxyl groups is 1. The lowest BCUT2D eigenvalue weighted by atomic mass is 9.80. The van der Waals surface area contributed by atoms with Crippen molar-refractivity contribution in [1.82, 2.24) is 10.6 Å². The lowest BCUT2D eigenvalue weighted by Gasteiger charge is -2.31. The molecule has 144 valence electrons. The highest BCUT2D eigenvalue weighted by Crippen LogP contribution is 2.36. The zero-order valence-corrected chi connectivity index (χ0v) is 16.2. The normalized spacial score (nSPS) is 21.0. The number of halogens is 1. The minimum atomic E-state index is -0.571. The average molecular weight is 389 g/mol. The lowest BCUT2D eigenvalue weighted by Crippen LogP contribution is -2.45. The van der Waals surface area contributed by atoms with E-state index in [-0.39, 0.29) is 22.6 Å². The van der Waals surface area contributed by atoms with E-state index in [1.807, 2.05) is 6.92 Å². The Kier molecular flexibility index (Phi) is 5.90. The first-order valence-electron chi connectivity index (χ1n) is 9.37. The van der Waals surface area contributed by atoms with Crippen LogP contribution in [0.1, 0.15) is 57.1 Å². The van der Waals surface area contributed by atoms with Crippen LogP contribution in [0.5, 0.6) is 5.75 Å². The van der Waals surface area contributed by atoms with Gasteiger partial charge in [0.05, 0.1) is 11.1 Å². The van der Waals surface area contributed by atoms with Crippen molar-refractivity contribution in [3.63, 3.8) is 0 Å². The average Bonchev–Trinajstić information content (AvgIpc) is 2.65. The molecule has 2 amide bonds. The molecule has 3 rings (SSSR count). The van der Waals surface area contributed by atoms with Gasteiger partial charge in [-0.15, -0.1) is 0 Å². The molecule has 5 nitrogen and oxygen atoms in total. The van der Waals surface area contributed by atoms with E-state index in [4.69, 9.17) is 11.6 Å². The molecule has 1 aliphatic heterocycles. The second-order valence-corrected chi connectivity index (χ2v) is 7.72. The molecule has 1 heterocycles. The Hall–Kier alpha value is -2.27. The van der Waals surface area contributed by atoms with Gasteiger partial charge in [-0.1, -0.05) is 36.7 Å². The molecule has 6 heteroatoms. The SMILES string of the molecule is C=C1CCC(CC(=O)C2=C(CC)NC(=O)NC2c2ccc(O)c(Cl)c2)CC1. The lowest BCUT2D eigenvalue weighted by molar-refractivity contribution is -0.117. The van der Waals surface area contributed by atoms with Gasteiger partial charge >= 0.3 is 6.03 Å². The maximum atomic E-state index is 13.2. The van der Waals surface area contributed by atoms with Gasteiger partial charge in [0.2, 0.25) is 0 Å². The van der Waals surface area contributed by atoms with Crippen molar-refractivity contribution in [2.45, 2.75) is 51.5 Å². The first-order valence-corrected chi connectivity index (χ1v) is 9.75. The molecule has 1 atom stereocenters. The van der Waals surface area contributed by atoms with Crippen molar-refractivity contribution in [1.29, 1.82) is 0 Å². The number of phenolic OH excluding ortho intramolecular Hbond substituents is 1. The van der Waals surface area contributed by atoms with Gasteiger partial charge in [-0.25, -0.2) is 4.79 Å².